The Morgan fingerprint density at radius 1 is 1.07 bits per heavy atom. The van der Waals surface area contributed by atoms with E-state index >= 15 is 0 Å². The summed E-state index contributed by atoms with van der Waals surface area (Å²) >= 11 is 5.27. The molecule has 3 rings (SSSR count). The van der Waals surface area contributed by atoms with Crippen molar-refractivity contribution in [2.45, 2.75) is 38.6 Å². The SMILES string of the molecule is O=C(NCc1ccco1)c1ccccc1NC(=S)NC(=O)C1CCCCC1. The highest BCUT2D eigenvalue weighted by molar-refractivity contribution is 7.80. The Hall–Kier alpha value is -2.67. The van der Waals surface area contributed by atoms with Crippen LogP contribution in [0.5, 0.6) is 0 Å². The molecule has 27 heavy (non-hydrogen) atoms. The van der Waals surface area contributed by atoms with Crippen molar-refractivity contribution in [1.29, 1.82) is 0 Å². The second-order valence-corrected chi connectivity index (χ2v) is 6.99. The van der Waals surface area contributed by atoms with Crippen LogP contribution in [-0.4, -0.2) is 16.9 Å². The Labute approximate surface area is 163 Å². The summed E-state index contributed by atoms with van der Waals surface area (Å²) in [4.78, 5) is 24.8. The van der Waals surface area contributed by atoms with E-state index in [0.29, 0.717) is 23.6 Å². The van der Waals surface area contributed by atoms with Crippen LogP contribution < -0.4 is 16.0 Å². The zero-order valence-corrected chi connectivity index (χ0v) is 15.8. The fourth-order valence-corrected chi connectivity index (χ4v) is 3.41. The van der Waals surface area contributed by atoms with Crippen LogP contribution in [0.3, 0.4) is 0 Å². The summed E-state index contributed by atoms with van der Waals surface area (Å²) in [6, 6.07) is 10.6. The smallest absolute Gasteiger partial charge is 0.253 e. The minimum atomic E-state index is -0.254. The average molecular weight is 385 g/mol. The summed E-state index contributed by atoms with van der Waals surface area (Å²) in [7, 11) is 0. The van der Waals surface area contributed by atoms with E-state index < -0.39 is 0 Å². The molecule has 6 nitrogen and oxygen atoms in total. The van der Waals surface area contributed by atoms with Gasteiger partial charge in [-0.15, -0.1) is 0 Å². The van der Waals surface area contributed by atoms with Crippen LogP contribution in [0.25, 0.3) is 0 Å². The number of carbonyl (C=O) groups is 2. The second-order valence-electron chi connectivity index (χ2n) is 6.59. The Kier molecular flexibility index (Phi) is 6.59. The number of carbonyl (C=O) groups excluding carboxylic acids is 2. The molecule has 0 radical (unpaired) electrons. The lowest BCUT2D eigenvalue weighted by atomic mass is 9.89. The van der Waals surface area contributed by atoms with Crippen LogP contribution in [0.15, 0.2) is 47.1 Å². The Bertz CT molecular complexity index is 799. The molecule has 0 spiro atoms. The summed E-state index contributed by atoms with van der Waals surface area (Å²) in [5.74, 6) is 0.386. The number of anilines is 1. The molecule has 142 valence electrons. The topological polar surface area (TPSA) is 83.4 Å². The molecular formula is C20H23N3O3S. The molecule has 1 aromatic carbocycles. The first-order valence-corrected chi connectivity index (χ1v) is 9.56. The Morgan fingerprint density at radius 2 is 1.85 bits per heavy atom. The zero-order valence-electron chi connectivity index (χ0n) is 15.0. The van der Waals surface area contributed by atoms with Crippen molar-refractivity contribution in [3.8, 4) is 0 Å². The van der Waals surface area contributed by atoms with E-state index in [-0.39, 0.29) is 22.8 Å². The van der Waals surface area contributed by atoms with Crippen molar-refractivity contribution in [2.24, 2.45) is 5.92 Å². The van der Waals surface area contributed by atoms with Crippen molar-refractivity contribution >= 4 is 34.8 Å². The summed E-state index contributed by atoms with van der Waals surface area (Å²) < 4.78 is 5.22. The predicted molar refractivity (Wildman–Crippen MR) is 107 cm³/mol. The van der Waals surface area contributed by atoms with Gasteiger partial charge in [0, 0.05) is 5.92 Å². The maximum atomic E-state index is 12.5. The highest BCUT2D eigenvalue weighted by Gasteiger charge is 2.22. The molecular weight excluding hydrogens is 362 g/mol. The maximum absolute atomic E-state index is 12.5. The van der Waals surface area contributed by atoms with E-state index in [1.165, 1.54) is 6.42 Å². The van der Waals surface area contributed by atoms with Crippen molar-refractivity contribution in [1.82, 2.24) is 10.6 Å². The zero-order chi connectivity index (χ0) is 19.1. The van der Waals surface area contributed by atoms with E-state index in [2.05, 4.69) is 16.0 Å². The Balaban J connectivity index is 1.58. The molecule has 1 heterocycles. The average Bonchev–Trinajstić information content (AvgIpc) is 3.21. The molecule has 3 N–H and O–H groups in total. The van der Waals surface area contributed by atoms with Crippen molar-refractivity contribution in [3.05, 3.63) is 54.0 Å². The van der Waals surface area contributed by atoms with E-state index in [0.717, 1.165) is 25.7 Å². The van der Waals surface area contributed by atoms with Crippen molar-refractivity contribution < 1.29 is 14.0 Å². The second kappa shape index (κ2) is 9.32. The number of thiocarbonyl (C=S) groups is 1. The molecule has 7 heteroatoms. The molecule has 1 fully saturated rings. The minimum absolute atomic E-state index is 0.0188. The number of nitrogens with one attached hydrogen (secondary N) is 3. The number of hydrogen-bond acceptors (Lipinski definition) is 4. The van der Waals surface area contributed by atoms with Gasteiger partial charge in [0.1, 0.15) is 5.76 Å². The van der Waals surface area contributed by atoms with E-state index in [9.17, 15) is 9.59 Å². The fourth-order valence-electron chi connectivity index (χ4n) is 3.20. The van der Waals surface area contributed by atoms with Gasteiger partial charge in [-0.25, -0.2) is 0 Å². The first-order chi connectivity index (χ1) is 13.1. The molecule has 0 saturated heterocycles. The maximum Gasteiger partial charge on any atom is 0.253 e. The highest BCUT2D eigenvalue weighted by Crippen LogP contribution is 2.23. The van der Waals surface area contributed by atoms with Gasteiger partial charge in [-0.2, -0.15) is 0 Å². The molecule has 0 unspecified atom stereocenters. The lowest BCUT2D eigenvalue weighted by molar-refractivity contribution is -0.124. The third-order valence-corrected chi connectivity index (χ3v) is 4.84. The van der Waals surface area contributed by atoms with Gasteiger partial charge in [-0.05, 0) is 49.3 Å². The van der Waals surface area contributed by atoms with Crippen LogP contribution in [0.4, 0.5) is 5.69 Å². The van der Waals surface area contributed by atoms with Gasteiger partial charge in [0.25, 0.3) is 5.91 Å². The predicted octanol–water partition coefficient (Wildman–Crippen LogP) is 3.60. The number of para-hydroxylation sites is 1. The van der Waals surface area contributed by atoms with Crippen LogP contribution in [0, 0.1) is 5.92 Å². The van der Waals surface area contributed by atoms with E-state index in [1.54, 1.807) is 42.7 Å². The monoisotopic (exact) mass is 385 g/mol. The number of benzene rings is 1. The van der Waals surface area contributed by atoms with Gasteiger partial charge in [0.15, 0.2) is 5.11 Å². The third kappa shape index (κ3) is 5.40. The Morgan fingerprint density at radius 3 is 2.59 bits per heavy atom. The van der Waals surface area contributed by atoms with Gasteiger partial charge in [0.05, 0.1) is 24.1 Å². The van der Waals surface area contributed by atoms with Gasteiger partial charge < -0.3 is 20.4 Å². The van der Waals surface area contributed by atoms with Crippen molar-refractivity contribution in [2.75, 3.05) is 5.32 Å². The molecule has 1 saturated carbocycles. The standard InChI is InChI=1S/C20H23N3O3S/c24-18(14-7-2-1-3-8-14)23-20(27)22-17-11-5-4-10-16(17)19(25)21-13-15-9-6-12-26-15/h4-6,9-12,14H,1-3,7-8,13H2,(H,21,25)(H2,22,23,24,27). The van der Waals surface area contributed by atoms with Crippen LogP contribution in [0.1, 0.15) is 48.2 Å². The number of hydrogen-bond donors (Lipinski definition) is 3. The molecule has 0 atom stereocenters. The summed E-state index contributed by atoms with van der Waals surface area (Å²) in [6.07, 6.45) is 6.71. The number of amides is 2. The summed E-state index contributed by atoms with van der Waals surface area (Å²) in [5.41, 5.74) is 0.988. The molecule has 2 aromatic rings. The highest BCUT2D eigenvalue weighted by atomic mass is 32.1. The van der Waals surface area contributed by atoms with E-state index in [4.69, 9.17) is 16.6 Å². The summed E-state index contributed by atoms with van der Waals surface area (Å²) in [6.45, 7) is 0.295. The lowest BCUT2D eigenvalue weighted by Crippen LogP contribution is -2.39. The van der Waals surface area contributed by atoms with E-state index in [1.807, 2.05) is 0 Å². The molecule has 0 bridgehead atoms. The molecule has 1 aromatic heterocycles. The fraction of sp³-hybridized carbons (Fsp3) is 0.350. The normalized spacial score (nSPS) is 14.4. The minimum Gasteiger partial charge on any atom is -0.467 e. The number of rotatable bonds is 5. The largest absolute Gasteiger partial charge is 0.467 e. The van der Waals surface area contributed by atoms with Gasteiger partial charge >= 0.3 is 0 Å². The lowest BCUT2D eigenvalue weighted by Gasteiger charge is -2.21. The molecule has 1 aliphatic carbocycles. The van der Waals surface area contributed by atoms with Crippen LogP contribution in [0.2, 0.25) is 0 Å². The van der Waals surface area contributed by atoms with Gasteiger partial charge in [0.2, 0.25) is 5.91 Å². The van der Waals surface area contributed by atoms with Crippen LogP contribution in [-0.2, 0) is 11.3 Å². The number of furan rings is 1. The summed E-state index contributed by atoms with van der Waals surface area (Å²) in [5, 5.41) is 8.73. The van der Waals surface area contributed by atoms with Gasteiger partial charge in [-0.3, -0.25) is 9.59 Å². The first kappa shape index (κ1) is 19.1. The van der Waals surface area contributed by atoms with Crippen molar-refractivity contribution in [3.63, 3.8) is 0 Å². The molecule has 2 amide bonds. The molecule has 1 aliphatic rings. The third-order valence-electron chi connectivity index (χ3n) is 4.64. The van der Waals surface area contributed by atoms with Crippen LogP contribution >= 0.6 is 12.2 Å². The van der Waals surface area contributed by atoms with Gasteiger partial charge in [-0.1, -0.05) is 31.4 Å². The molecule has 0 aliphatic heterocycles. The first-order valence-electron chi connectivity index (χ1n) is 9.15. The quantitative estimate of drug-likeness (QED) is 0.685.